The molecule has 1 aromatic heterocycles. The largest absolute Gasteiger partial charge is 0.318 e. The van der Waals surface area contributed by atoms with Crippen LogP contribution in [0.25, 0.3) is 23.3 Å². The van der Waals surface area contributed by atoms with E-state index in [1.165, 1.54) is 36.0 Å². The minimum Gasteiger partial charge on any atom is -0.318 e. The van der Waals surface area contributed by atoms with E-state index in [0.717, 1.165) is 27.9 Å². The summed E-state index contributed by atoms with van der Waals surface area (Å²) in [5, 5.41) is 6.83. The van der Waals surface area contributed by atoms with Gasteiger partial charge >= 0.3 is 0 Å². The lowest BCUT2D eigenvalue weighted by Crippen LogP contribution is -2.15. The van der Waals surface area contributed by atoms with Gasteiger partial charge in [0.25, 0.3) is 0 Å². The normalized spacial score (nSPS) is 18.1. The maximum atomic E-state index is 14.6. The van der Waals surface area contributed by atoms with E-state index in [4.69, 9.17) is 0 Å². The van der Waals surface area contributed by atoms with Crippen LogP contribution in [0.15, 0.2) is 85.2 Å². The van der Waals surface area contributed by atoms with E-state index < -0.39 is 6.30 Å². The van der Waals surface area contributed by atoms with Gasteiger partial charge in [-0.3, -0.25) is 5.10 Å². The van der Waals surface area contributed by atoms with Crippen molar-refractivity contribution in [1.82, 2.24) is 15.6 Å². The highest BCUT2D eigenvalue weighted by Gasteiger charge is 2.28. The van der Waals surface area contributed by atoms with Crippen molar-refractivity contribution in [3.05, 3.63) is 119 Å². The zero-order chi connectivity index (χ0) is 23.6. The fourth-order valence-electron chi connectivity index (χ4n) is 4.94. The second-order valence-electron chi connectivity index (χ2n) is 9.20. The van der Waals surface area contributed by atoms with Crippen molar-refractivity contribution < 1.29 is 4.39 Å². The predicted molar refractivity (Wildman–Crippen MR) is 141 cm³/mol. The van der Waals surface area contributed by atoms with Crippen LogP contribution in [0.4, 0.5) is 10.1 Å². The van der Waals surface area contributed by atoms with Gasteiger partial charge in [0.1, 0.15) is 0 Å². The zero-order valence-electron chi connectivity index (χ0n) is 19.3. The number of aromatic amines is 1. The summed E-state index contributed by atoms with van der Waals surface area (Å²) < 4.78 is 14.6. The molecule has 0 amide bonds. The minimum atomic E-state index is -1.22. The molecule has 2 heterocycles. The number of H-pyrrole nitrogens is 1. The number of rotatable bonds is 6. The van der Waals surface area contributed by atoms with Crippen molar-refractivity contribution in [1.29, 1.82) is 0 Å². The molecule has 6 rings (SSSR count). The van der Waals surface area contributed by atoms with Crippen LogP contribution in [0.3, 0.4) is 0 Å². The molecule has 1 unspecified atom stereocenters. The Labute approximate surface area is 204 Å². The first kappa shape index (κ1) is 21.6. The minimum absolute atomic E-state index is 0.499. The summed E-state index contributed by atoms with van der Waals surface area (Å²) in [7, 11) is 0. The maximum absolute atomic E-state index is 14.6. The SMILES string of the molecule is FC1NNc2ccc(/C(=C(/c3ccccc3)C3CCC3)c3ccc(/C=C/c4cn[nH]c4)cc3)cc21. The Bertz CT molecular complexity index is 1370. The van der Waals surface area contributed by atoms with Gasteiger partial charge in [-0.15, -0.1) is 0 Å². The standard InChI is InChI=1S/C30H27FN4/c31-30-26-17-25(15-16-27(26)34-35-30)29(28(23-7-4-8-23)22-5-2-1-3-6-22)24-13-11-20(12-14-24)9-10-21-18-32-33-19-21/h1-3,5-6,9-19,23,30,34-35H,4,7-8H2,(H,32,33)/b10-9+,29-28-. The van der Waals surface area contributed by atoms with Crippen LogP contribution < -0.4 is 10.9 Å². The van der Waals surface area contributed by atoms with Crippen molar-refractivity contribution in [2.75, 3.05) is 5.43 Å². The Balaban J connectivity index is 1.49. The van der Waals surface area contributed by atoms with E-state index in [2.05, 4.69) is 87.8 Å². The molecule has 1 fully saturated rings. The van der Waals surface area contributed by atoms with Crippen LogP contribution in [0.1, 0.15) is 58.9 Å². The molecule has 1 aliphatic heterocycles. The van der Waals surface area contributed by atoms with Gasteiger partial charge in [-0.05, 0) is 64.3 Å². The van der Waals surface area contributed by atoms with E-state index in [9.17, 15) is 4.39 Å². The van der Waals surface area contributed by atoms with Crippen LogP contribution in [0.2, 0.25) is 0 Å². The molecule has 5 heteroatoms. The number of fused-ring (bicyclic) bond motifs is 1. The Morgan fingerprint density at radius 1 is 0.857 bits per heavy atom. The first-order valence-electron chi connectivity index (χ1n) is 12.1. The molecule has 3 N–H and O–H groups in total. The molecule has 1 aliphatic carbocycles. The highest BCUT2D eigenvalue weighted by molar-refractivity contribution is 6.00. The molecule has 1 saturated carbocycles. The van der Waals surface area contributed by atoms with Gasteiger partial charge in [-0.2, -0.15) is 5.10 Å². The number of alkyl halides is 1. The van der Waals surface area contributed by atoms with Crippen molar-refractivity contribution in [2.45, 2.75) is 25.6 Å². The Kier molecular flexibility index (Phi) is 5.76. The number of nitrogens with zero attached hydrogens (tertiary/aromatic N) is 1. The van der Waals surface area contributed by atoms with Crippen LogP contribution >= 0.6 is 0 Å². The fourth-order valence-corrected chi connectivity index (χ4v) is 4.94. The summed E-state index contributed by atoms with van der Waals surface area (Å²) in [6.45, 7) is 0. The van der Waals surface area contributed by atoms with Crippen LogP contribution in [0.5, 0.6) is 0 Å². The van der Waals surface area contributed by atoms with Crippen LogP contribution in [0, 0.1) is 5.92 Å². The third kappa shape index (κ3) is 4.31. The Morgan fingerprint density at radius 3 is 2.34 bits per heavy atom. The maximum Gasteiger partial charge on any atom is 0.195 e. The van der Waals surface area contributed by atoms with Crippen molar-refractivity contribution >= 4 is 29.0 Å². The molecule has 0 saturated heterocycles. The molecular formula is C30H27FN4. The molecule has 0 radical (unpaired) electrons. The fraction of sp³-hybridized carbons (Fsp3) is 0.167. The van der Waals surface area contributed by atoms with E-state index in [1.807, 2.05) is 24.4 Å². The summed E-state index contributed by atoms with van der Waals surface area (Å²) in [5.41, 5.74) is 15.2. The van der Waals surface area contributed by atoms with Gasteiger partial charge in [0.15, 0.2) is 6.30 Å². The van der Waals surface area contributed by atoms with Crippen molar-refractivity contribution in [3.8, 4) is 0 Å². The number of hydrogen-bond donors (Lipinski definition) is 3. The zero-order valence-corrected chi connectivity index (χ0v) is 19.3. The predicted octanol–water partition coefficient (Wildman–Crippen LogP) is 7.24. The lowest BCUT2D eigenvalue weighted by molar-refractivity contribution is 0.314. The number of hydrazine groups is 1. The number of anilines is 1. The van der Waals surface area contributed by atoms with Gasteiger partial charge in [-0.1, -0.05) is 79.2 Å². The van der Waals surface area contributed by atoms with Gasteiger partial charge in [0, 0.05) is 17.3 Å². The molecular weight excluding hydrogens is 435 g/mol. The lowest BCUT2D eigenvalue weighted by atomic mass is 9.73. The number of aromatic nitrogens is 2. The van der Waals surface area contributed by atoms with Crippen molar-refractivity contribution in [3.63, 3.8) is 0 Å². The Hall–Kier alpha value is -3.96. The summed E-state index contributed by atoms with van der Waals surface area (Å²) in [6.07, 6.45) is 10.2. The second-order valence-corrected chi connectivity index (χ2v) is 9.20. The van der Waals surface area contributed by atoms with E-state index >= 15 is 0 Å². The summed E-state index contributed by atoms with van der Waals surface area (Å²) in [6, 6.07) is 25.4. The van der Waals surface area contributed by atoms with Crippen LogP contribution in [-0.2, 0) is 0 Å². The van der Waals surface area contributed by atoms with E-state index in [-0.39, 0.29) is 0 Å². The summed E-state index contributed by atoms with van der Waals surface area (Å²) in [4.78, 5) is 0. The number of allylic oxidation sites excluding steroid dienone is 1. The second kappa shape index (κ2) is 9.35. The molecule has 2 aliphatic rings. The lowest BCUT2D eigenvalue weighted by Gasteiger charge is -2.31. The highest BCUT2D eigenvalue weighted by atomic mass is 19.1. The molecule has 0 spiro atoms. The summed E-state index contributed by atoms with van der Waals surface area (Å²) >= 11 is 0. The van der Waals surface area contributed by atoms with E-state index in [0.29, 0.717) is 11.5 Å². The first-order valence-corrected chi connectivity index (χ1v) is 12.1. The molecule has 1 atom stereocenters. The molecule has 35 heavy (non-hydrogen) atoms. The van der Waals surface area contributed by atoms with Gasteiger partial charge in [0.05, 0.1) is 11.9 Å². The van der Waals surface area contributed by atoms with E-state index in [1.54, 1.807) is 6.20 Å². The third-order valence-corrected chi connectivity index (χ3v) is 7.00. The molecule has 174 valence electrons. The molecule has 4 aromatic rings. The quantitative estimate of drug-likeness (QED) is 0.209. The molecule has 0 bridgehead atoms. The van der Waals surface area contributed by atoms with Gasteiger partial charge in [-0.25, -0.2) is 9.82 Å². The summed E-state index contributed by atoms with van der Waals surface area (Å²) in [5.74, 6) is 0.499. The third-order valence-electron chi connectivity index (χ3n) is 7.00. The van der Waals surface area contributed by atoms with Crippen molar-refractivity contribution in [2.24, 2.45) is 5.92 Å². The van der Waals surface area contributed by atoms with Gasteiger partial charge < -0.3 is 5.43 Å². The van der Waals surface area contributed by atoms with Crippen LogP contribution in [-0.4, -0.2) is 10.2 Å². The highest BCUT2D eigenvalue weighted by Crippen LogP contribution is 2.46. The smallest absolute Gasteiger partial charge is 0.195 e. The number of halogens is 1. The Morgan fingerprint density at radius 2 is 1.63 bits per heavy atom. The topological polar surface area (TPSA) is 52.7 Å². The first-order chi connectivity index (χ1) is 17.3. The van der Waals surface area contributed by atoms with Gasteiger partial charge in [0.2, 0.25) is 0 Å². The molecule has 3 aromatic carbocycles. The number of nitrogens with one attached hydrogen (secondary N) is 3. The average molecular weight is 463 g/mol. The number of hydrogen-bond acceptors (Lipinski definition) is 3. The monoisotopic (exact) mass is 462 g/mol. The number of benzene rings is 3. The average Bonchev–Trinajstić information content (AvgIpc) is 3.52. The molecule has 4 nitrogen and oxygen atoms in total.